The van der Waals surface area contributed by atoms with E-state index in [1.54, 1.807) is 30.3 Å². The van der Waals surface area contributed by atoms with Crippen LogP contribution in [0.2, 0.25) is 0 Å². The van der Waals surface area contributed by atoms with Crippen molar-refractivity contribution >= 4 is 26.9 Å². The lowest BCUT2D eigenvalue weighted by Crippen LogP contribution is -2.25. The van der Waals surface area contributed by atoms with E-state index in [9.17, 15) is 13.2 Å². The maximum atomic E-state index is 11.0. The maximum Gasteiger partial charge on any atom is 0.370 e. The summed E-state index contributed by atoms with van der Waals surface area (Å²) in [6.07, 6.45) is 0. The van der Waals surface area contributed by atoms with E-state index in [0.29, 0.717) is 5.69 Å². The van der Waals surface area contributed by atoms with E-state index >= 15 is 0 Å². The predicted octanol–water partition coefficient (Wildman–Crippen LogP) is 0.280. The van der Waals surface area contributed by atoms with Crippen LogP contribution in [0.4, 0.5) is 5.69 Å². The standard InChI is InChI=1S/C9H9NO4S/c1-14-9(11)8(15(12)13)10-7-5-3-2-4-6-7/h2-6,10H,1H3. The molecule has 0 bridgehead atoms. The lowest BCUT2D eigenvalue weighted by atomic mass is 10.3. The third-order valence-electron chi connectivity index (χ3n) is 1.57. The summed E-state index contributed by atoms with van der Waals surface area (Å²) in [5.74, 6) is -0.924. The molecule has 15 heavy (non-hydrogen) atoms. The molecule has 5 nitrogen and oxygen atoms in total. The molecule has 6 heteroatoms. The van der Waals surface area contributed by atoms with Crippen LogP contribution in [0.15, 0.2) is 30.3 Å². The van der Waals surface area contributed by atoms with Gasteiger partial charge in [0.25, 0.3) is 0 Å². The smallest absolute Gasteiger partial charge is 0.370 e. The van der Waals surface area contributed by atoms with E-state index < -0.39 is 21.3 Å². The Bertz CT molecular complexity index is 470. The Balaban J connectivity index is 2.98. The van der Waals surface area contributed by atoms with E-state index in [-0.39, 0.29) is 0 Å². The molecule has 0 aliphatic carbocycles. The number of ether oxygens (including phenoxy) is 1. The highest BCUT2D eigenvalue weighted by Gasteiger charge is 2.13. The second-order valence-corrected chi connectivity index (χ2v) is 3.42. The van der Waals surface area contributed by atoms with Crippen LogP contribution < -0.4 is 5.32 Å². The summed E-state index contributed by atoms with van der Waals surface area (Å²) >= 11 is 0. The van der Waals surface area contributed by atoms with Gasteiger partial charge in [-0.05, 0) is 12.1 Å². The van der Waals surface area contributed by atoms with E-state index in [1.807, 2.05) is 0 Å². The lowest BCUT2D eigenvalue weighted by Gasteiger charge is -2.04. The van der Waals surface area contributed by atoms with Gasteiger partial charge in [0.2, 0.25) is 15.3 Å². The Labute approximate surface area is 88.2 Å². The molecular formula is C9H9NO4S. The van der Waals surface area contributed by atoms with Crippen molar-refractivity contribution in [1.82, 2.24) is 0 Å². The fourth-order valence-electron chi connectivity index (χ4n) is 0.906. The van der Waals surface area contributed by atoms with Crippen LogP contribution in [-0.2, 0) is 19.8 Å². The minimum absolute atomic E-state index is 0.502. The van der Waals surface area contributed by atoms with Crippen LogP contribution in [0.1, 0.15) is 0 Å². The van der Waals surface area contributed by atoms with Crippen LogP contribution in [0.25, 0.3) is 0 Å². The summed E-state index contributed by atoms with van der Waals surface area (Å²) in [5, 5.41) is 2.46. The van der Waals surface area contributed by atoms with E-state index in [2.05, 4.69) is 10.1 Å². The number of benzene rings is 1. The molecule has 0 aliphatic heterocycles. The molecule has 0 heterocycles. The normalized spacial score (nSPS) is 9.13. The molecule has 1 rings (SSSR count). The summed E-state index contributed by atoms with van der Waals surface area (Å²) in [6, 6.07) is 8.47. The third kappa shape index (κ3) is 3.10. The van der Waals surface area contributed by atoms with Gasteiger partial charge in [0.05, 0.1) is 7.11 Å². The molecule has 0 fully saturated rings. The first-order chi connectivity index (χ1) is 7.15. The van der Waals surface area contributed by atoms with Crippen LogP contribution >= 0.6 is 0 Å². The summed E-state index contributed by atoms with van der Waals surface area (Å²) in [4.78, 5) is 10.5. The van der Waals surface area contributed by atoms with Crippen molar-refractivity contribution in [2.75, 3.05) is 12.4 Å². The van der Waals surface area contributed by atoms with E-state index in [4.69, 9.17) is 0 Å². The van der Waals surface area contributed by atoms with Gasteiger partial charge in [0.1, 0.15) is 0 Å². The van der Waals surface area contributed by atoms with Gasteiger partial charge in [-0.2, -0.15) is 8.42 Å². The van der Waals surface area contributed by atoms with E-state index in [1.165, 1.54) is 0 Å². The Kier molecular flexibility index (Phi) is 3.87. The van der Waals surface area contributed by atoms with Gasteiger partial charge in [-0.1, -0.05) is 18.2 Å². The van der Waals surface area contributed by atoms with Gasteiger partial charge in [-0.25, -0.2) is 4.79 Å². The fourth-order valence-corrected chi connectivity index (χ4v) is 1.33. The first-order valence-corrected chi connectivity index (χ1v) is 5.09. The highest BCUT2D eigenvalue weighted by molar-refractivity contribution is 7.75. The molecule has 0 aromatic heterocycles. The number of hydrogen-bond donors (Lipinski definition) is 1. The Hall–Kier alpha value is -1.82. The van der Waals surface area contributed by atoms with Gasteiger partial charge in [0, 0.05) is 5.69 Å². The van der Waals surface area contributed by atoms with Crippen LogP contribution in [-0.4, -0.2) is 26.5 Å². The van der Waals surface area contributed by atoms with Gasteiger partial charge in [-0.15, -0.1) is 0 Å². The molecule has 0 aliphatic rings. The molecule has 1 N–H and O–H groups in total. The Morgan fingerprint density at radius 1 is 1.27 bits per heavy atom. The highest BCUT2D eigenvalue weighted by atomic mass is 32.2. The highest BCUT2D eigenvalue weighted by Crippen LogP contribution is 2.04. The monoisotopic (exact) mass is 227 g/mol. The number of methoxy groups -OCH3 is 1. The molecule has 0 unspecified atom stereocenters. The van der Waals surface area contributed by atoms with Crippen molar-refractivity contribution in [2.24, 2.45) is 0 Å². The molecular weight excluding hydrogens is 218 g/mol. The molecule has 0 spiro atoms. The quantitative estimate of drug-likeness (QED) is 0.551. The van der Waals surface area contributed by atoms with E-state index in [0.717, 1.165) is 7.11 Å². The first kappa shape index (κ1) is 11.3. The summed E-state index contributed by atoms with van der Waals surface area (Å²) < 4.78 is 25.7. The van der Waals surface area contributed by atoms with Crippen molar-refractivity contribution in [3.63, 3.8) is 0 Å². The zero-order valence-corrected chi connectivity index (χ0v) is 8.74. The predicted molar refractivity (Wildman–Crippen MR) is 56.0 cm³/mol. The van der Waals surface area contributed by atoms with Gasteiger partial charge < -0.3 is 10.1 Å². The third-order valence-corrected chi connectivity index (χ3v) is 2.17. The molecule has 0 amide bonds. The number of rotatable bonds is 1. The fraction of sp³-hybridized carbons (Fsp3) is 0.111. The van der Waals surface area contributed by atoms with Crippen LogP contribution in [0, 0.1) is 0 Å². The number of carbonyl (C=O) groups is 1. The topological polar surface area (TPSA) is 72.5 Å². The number of carbonyl (C=O) groups excluding carboxylic acids is 1. The molecule has 0 radical (unpaired) electrons. The molecule has 1 aromatic carbocycles. The van der Waals surface area contributed by atoms with Crippen molar-refractivity contribution in [1.29, 1.82) is 0 Å². The minimum atomic E-state index is -2.65. The van der Waals surface area contributed by atoms with Gasteiger partial charge in [0.15, 0.2) is 0 Å². The number of anilines is 1. The average Bonchev–Trinajstić information content (AvgIpc) is 2.26. The second-order valence-electron chi connectivity index (χ2n) is 2.55. The molecule has 0 saturated heterocycles. The average molecular weight is 227 g/mol. The zero-order chi connectivity index (χ0) is 11.3. The number of para-hydroxylation sites is 1. The number of nitrogens with one attached hydrogen (secondary N) is 1. The minimum Gasteiger partial charge on any atom is -0.464 e. The number of esters is 1. The van der Waals surface area contributed by atoms with Crippen molar-refractivity contribution < 1.29 is 17.9 Å². The summed E-state index contributed by atoms with van der Waals surface area (Å²) in [5.41, 5.74) is 0.502. The second kappa shape index (κ2) is 5.16. The summed E-state index contributed by atoms with van der Waals surface area (Å²) in [6.45, 7) is 0. The van der Waals surface area contributed by atoms with Crippen molar-refractivity contribution in [2.45, 2.75) is 0 Å². The van der Waals surface area contributed by atoms with Gasteiger partial charge in [-0.3, -0.25) is 0 Å². The molecule has 0 atom stereocenters. The Morgan fingerprint density at radius 3 is 2.33 bits per heavy atom. The van der Waals surface area contributed by atoms with Crippen molar-refractivity contribution in [3.05, 3.63) is 30.3 Å². The lowest BCUT2D eigenvalue weighted by molar-refractivity contribution is -0.132. The summed E-state index contributed by atoms with van der Waals surface area (Å²) in [7, 11) is -1.54. The molecule has 80 valence electrons. The van der Waals surface area contributed by atoms with Crippen LogP contribution in [0.3, 0.4) is 0 Å². The molecule has 1 aromatic rings. The van der Waals surface area contributed by atoms with Crippen molar-refractivity contribution in [3.8, 4) is 0 Å². The number of hydrogen-bond acceptors (Lipinski definition) is 4. The van der Waals surface area contributed by atoms with Crippen LogP contribution in [0.5, 0.6) is 0 Å². The largest absolute Gasteiger partial charge is 0.464 e. The van der Waals surface area contributed by atoms with Gasteiger partial charge >= 0.3 is 5.97 Å². The molecule has 0 saturated carbocycles. The zero-order valence-electron chi connectivity index (χ0n) is 7.93. The Morgan fingerprint density at radius 2 is 1.87 bits per heavy atom. The SMILES string of the molecule is COC(=O)C(Nc1ccccc1)=S(=O)=O. The maximum absolute atomic E-state index is 11.0. The first-order valence-electron chi connectivity index (χ1n) is 4.01.